The van der Waals surface area contributed by atoms with Crippen LogP contribution in [-0.2, 0) is 16.6 Å². The van der Waals surface area contributed by atoms with Gasteiger partial charge >= 0.3 is 0 Å². The van der Waals surface area contributed by atoms with Crippen LogP contribution in [0.3, 0.4) is 0 Å². The number of rotatable bonds is 6. The molecule has 4 rings (SSSR count). The van der Waals surface area contributed by atoms with Crippen molar-refractivity contribution in [3.05, 3.63) is 89.9 Å². The maximum Gasteiger partial charge on any atom is 0.268 e. The predicted octanol–water partition coefficient (Wildman–Crippen LogP) is 4.56. The van der Waals surface area contributed by atoms with Crippen LogP contribution in [0.15, 0.2) is 78.1 Å². The summed E-state index contributed by atoms with van der Waals surface area (Å²) in [6.45, 7) is 6.45. The second kappa shape index (κ2) is 7.91. The summed E-state index contributed by atoms with van der Waals surface area (Å²) >= 11 is 0. The maximum atomic E-state index is 13.8. The Morgan fingerprint density at radius 3 is 2.50 bits per heavy atom. The minimum absolute atomic E-state index is 0.128. The van der Waals surface area contributed by atoms with Crippen molar-refractivity contribution in [3.8, 4) is 0 Å². The Bertz CT molecular complexity index is 1280. The van der Waals surface area contributed by atoms with Crippen LogP contribution in [0.5, 0.6) is 0 Å². The van der Waals surface area contributed by atoms with Crippen LogP contribution in [0.1, 0.15) is 36.5 Å². The van der Waals surface area contributed by atoms with Crippen molar-refractivity contribution in [2.45, 2.75) is 38.1 Å². The number of fused-ring (bicyclic) bond motifs is 1. The average Bonchev–Trinajstić information content (AvgIpc) is 3.21. The number of nitrogens with zero attached hydrogens (tertiary/aromatic N) is 4. The molecule has 0 spiro atoms. The van der Waals surface area contributed by atoms with Crippen molar-refractivity contribution < 1.29 is 8.42 Å². The quantitative estimate of drug-likeness (QED) is 0.459. The Labute approximate surface area is 176 Å². The maximum absolute atomic E-state index is 13.8. The zero-order chi connectivity index (χ0) is 21.3. The lowest BCUT2D eigenvalue weighted by Crippen LogP contribution is -2.31. The molecule has 6 nitrogen and oxygen atoms in total. The first-order valence-corrected chi connectivity index (χ1v) is 11.3. The number of aryl methyl sites for hydroxylation is 1. The van der Waals surface area contributed by atoms with Gasteiger partial charge in [0.15, 0.2) is 5.65 Å². The molecule has 0 aliphatic heterocycles. The first-order valence-electron chi connectivity index (χ1n) is 9.83. The van der Waals surface area contributed by atoms with Crippen molar-refractivity contribution in [1.82, 2.24) is 14.6 Å². The highest BCUT2D eigenvalue weighted by atomic mass is 32.2. The summed E-state index contributed by atoms with van der Waals surface area (Å²) < 4.78 is 30.6. The molecule has 154 valence electrons. The molecule has 2 heterocycles. The minimum Gasteiger partial charge on any atom is -0.288 e. The summed E-state index contributed by atoms with van der Waals surface area (Å²) in [5.74, 6) is 0.366. The van der Waals surface area contributed by atoms with Crippen LogP contribution in [0.4, 0.5) is 5.69 Å². The topological polar surface area (TPSA) is 67.6 Å². The van der Waals surface area contributed by atoms with Gasteiger partial charge in [0.2, 0.25) is 0 Å². The number of benzene rings is 2. The Kier molecular flexibility index (Phi) is 5.30. The van der Waals surface area contributed by atoms with E-state index in [9.17, 15) is 8.42 Å². The van der Waals surface area contributed by atoms with Gasteiger partial charge in [0.05, 0.1) is 12.2 Å². The van der Waals surface area contributed by atoms with E-state index in [1.807, 2.05) is 55.5 Å². The lowest BCUT2D eigenvalue weighted by Gasteiger charge is -2.25. The highest BCUT2D eigenvalue weighted by Crippen LogP contribution is 2.29. The lowest BCUT2D eigenvalue weighted by molar-refractivity contribution is 0.590. The normalized spacial score (nSPS) is 11.9. The van der Waals surface area contributed by atoms with E-state index >= 15 is 0 Å². The van der Waals surface area contributed by atoms with Crippen LogP contribution in [0.2, 0.25) is 0 Å². The highest BCUT2D eigenvalue weighted by Gasteiger charge is 2.28. The summed E-state index contributed by atoms with van der Waals surface area (Å²) in [5, 5.41) is 7.89. The summed E-state index contributed by atoms with van der Waals surface area (Å²) in [6.07, 6.45) is 3.23. The van der Waals surface area contributed by atoms with E-state index in [1.165, 1.54) is 10.6 Å². The first kappa shape index (κ1) is 20.1. The third kappa shape index (κ3) is 3.80. The fourth-order valence-electron chi connectivity index (χ4n) is 3.46. The van der Waals surface area contributed by atoms with Crippen LogP contribution in [0, 0.1) is 6.92 Å². The van der Waals surface area contributed by atoms with Gasteiger partial charge in [-0.3, -0.25) is 8.71 Å². The lowest BCUT2D eigenvalue weighted by atomic mass is 10.0. The zero-order valence-electron chi connectivity index (χ0n) is 17.2. The first-order chi connectivity index (χ1) is 14.4. The van der Waals surface area contributed by atoms with E-state index in [0.29, 0.717) is 17.3 Å². The molecule has 2 aromatic carbocycles. The third-order valence-electron chi connectivity index (χ3n) is 5.11. The second-order valence-electron chi connectivity index (χ2n) is 7.68. The van der Waals surface area contributed by atoms with Gasteiger partial charge in [0.25, 0.3) is 10.0 Å². The molecular weight excluding hydrogens is 396 g/mol. The molecule has 4 aromatic rings. The molecule has 0 bridgehead atoms. The van der Waals surface area contributed by atoms with Crippen molar-refractivity contribution in [3.63, 3.8) is 0 Å². The SMILES string of the molecule is Cc1cccc(CN(c2ccc(C(C)C)cc2)S(=O)(=O)c2cccn3cnnc23)c1. The van der Waals surface area contributed by atoms with Crippen LogP contribution in [-0.4, -0.2) is 23.0 Å². The molecule has 2 aromatic heterocycles. The minimum atomic E-state index is -3.88. The van der Waals surface area contributed by atoms with Crippen molar-refractivity contribution in [2.24, 2.45) is 0 Å². The van der Waals surface area contributed by atoms with E-state index in [1.54, 1.807) is 22.7 Å². The molecule has 0 radical (unpaired) electrons. The molecule has 0 fully saturated rings. The van der Waals surface area contributed by atoms with E-state index in [0.717, 1.165) is 16.7 Å². The number of anilines is 1. The molecule has 7 heteroatoms. The fourth-order valence-corrected chi connectivity index (χ4v) is 5.05. The third-order valence-corrected chi connectivity index (χ3v) is 6.91. The molecule has 0 atom stereocenters. The monoisotopic (exact) mass is 420 g/mol. The van der Waals surface area contributed by atoms with Gasteiger partial charge in [-0.1, -0.05) is 55.8 Å². The number of pyridine rings is 1. The molecule has 0 aliphatic rings. The number of hydrogen-bond donors (Lipinski definition) is 0. The molecular formula is C23H24N4O2S. The molecule has 0 saturated carbocycles. The average molecular weight is 421 g/mol. The van der Waals surface area contributed by atoms with Gasteiger partial charge in [0.1, 0.15) is 11.2 Å². The largest absolute Gasteiger partial charge is 0.288 e. The Morgan fingerprint density at radius 1 is 1.03 bits per heavy atom. The molecule has 0 unspecified atom stereocenters. The fraction of sp³-hybridized carbons (Fsp3) is 0.217. The van der Waals surface area contributed by atoms with E-state index < -0.39 is 10.0 Å². The summed E-state index contributed by atoms with van der Waals surface area (Å²) in [5.41, 5.74) is 4.08. The Balaban J connectivity index is 1.84. The van der Waals surface area contributed by atoms with E-state index in [4.69, 9.17) is 0 Å². The van der Waals surface area contributed by atoms with Crippen molar-refractivity contribution in [1.29, 1.82) is 0 Å². The summed E-state index contributed by atoms with van der Waals surface area (Å²) in [4.78, 5) is 0.128. The summed E-state index contributed by atoms with van der Waals surface area (Å²) in [6, 6.07) is 18.8. The van der Waals surface area contributed by atoms with Crippen LogP contribution >= 0.6 is 0 Å². The Hall–Kier alpha value is -3.19. The summed E-state index contributed by atoms with van der Waals surface area (Å²) in [7, 11) is -3.88. The molecule has 0 amide bonds. The highest BCUT2D eigenvalue weighted by molar-refractivity contribution is 7.93. The van der Waals surface area contributed by atoms with Gasteiger partial charge in [-0.2, -0.15) is 0 Å². The number of aromatic nitrogens is 3. The van der Waals surface area contributed by atoms with Gasteiger partial charge < -0.3 is 0 Å². The van der Waals surface area contributed by atoms with Gasteiger partial charge in [-0.05, 0) is 48.2 Å². The second-order valence-corrected chi connectivity index (χ2v) is 9.51. The molecule has 30 heavy (non-hydrogen) atoms. The zero-order valence-corrected chi connectivity index (χ0v) is 18.0. The molecule has 0 aliphatic carbocycles. The smallest absolute Gasteiger partial charge is 0.268 e. The number of hydrogen-bond acceptors (Lipinski definition) is 4. The van der Waals surface area contributed by atoms with E-state index in [-0.39, 0.29) is 11.4 Å². The van der Waals surface area contributed by atoms with Crippen LogP contribution in [0.25, 0.3) is 5.65 Å². The van der Waals surface area contributed by atoms with Gasteiger partial charge in [0, 0.05) is 6.20 Å². The predicted molar refractivity (Wildman–Crippen MR) is 118 cm³/mol. The Morgan fingerprint density at radius 2 is 1.80 bits per heavy atom. The van der Waals surface area contributed by atoms with Crippen molar-refractivity contribution >= 4 is 21.4 Å². The van der Waals surface area contributed by atoms with Crippen molar-refractivity contribution in [2.75, 3.05) is 4.31 Å². The molecule has 0 N–H and O–H groups in total. The van der Waals surface area contributed by atoms with E-state index in [2.05, 4.69) is 24.0 Å². The van der Waals surface area contributed by atoms with Gasteiger partial charge in [-0.15, -0.1) is 10.2 Å². The number of sulfonamides is 1. The molecule has 0 saturated heterocycles. The standard InChI is InChI=1S/C23H24N4O2S/c1-17(2)20-9-11-21(12-10-20)27(15-19-7-4-6-18(3)14-19)30(28,29)22-8-5-13-26-16-24-25-23(22)26/h4-14,16-17H,15H2,1-3H3. The van der Waals surface area contributed by atoms with Crippen LogP contribution < -0.4 is 4.31 Å². The van der Waals surface area contributed by atoms with Gasteiger partial charge in [-0.25, -0.2) is 8.42 Å².